The summed E-state index contributed by atoms with van der Waals surface area (Å²) in [5.41, 5.74) is 0. The van der Waals surface area contributed by atoms with Crippen LogP contribution in [0.5, 0.6) is 0 Å². The molecule has 0 aliphatic carbocycles. The molecular weight excluding hydrogens is 937 g/mol. The van der Waals surface area contributed by atoms with Gasteiger partial charge in [0.15, 0.2) is 6.10 Å². The molecule has 0 fully saturated rings. The van der Waals surface area contributed by atoms with E-state index in [4.69, 9.17) is 14.2 Å². The fourth-order valence-electron chi connectivity index (χ4n) is 9.53. The Kier molecular flexibility index (Phi) is 61.7. The fourth-order valence-corrected chi connectivity index (χ4v) is 9.53. The lowest BCUT2D eigenvalue weighted by molar-refractivity contribution is -0.167. The van der Waals surface area contributed by atoms with Gasteiger partial charge in [-0.15, -0.1) is 0 Å². The van der Waals surface area contributed by atoms with E-state index in [1.807, 2.05) is 0 Å². The van der Waals surface area contributed by atoms with Crippen molar-refractivity contribution in [1.29, 1.82) is 0 Å². The lowest BCUT2D eigenvalue weighted by atomic mass is 10.0. The zero-order valence-electron chi connectivity index (χ0n) is 50.5. The normalized spacial score (nSPS) is 12.5. The van der Waals surface area contributed by atoms with E-state index in [1.165, 1.54) is 199 Å². The topological polar surface area (TPSA) is 78.9 Å². The van der Waals surface area contributed by atoms with E-state index < -0.39 is 6.10 Å². The molecule has 6 heteroatoms. The highest BCUT2D eigenvalue weighted by Crippen LogP contribution is 2.17. The first-order valence-electron chi connectivity index (χ1n) is 32.9. The van der Waals surface area contributed by atoms with Gasteiger partial charge in [0, 0.05) is 19.3 Å². The van der Waals surface area contributed by atoms with Crippen LogP contribution in [-0.2, 0) is 28.6 Å². The maximum absolute atomic E-state index is 12.8. The second kappa shape index (κ2) is 64.4. The van der Waals surface area contributed by atoms with Gasteiger partial charge >= 0.3 is 17.9 Å². The van der Waals surface area contributed by atoms with Crippen LogP contribution < -0.4 is 0 Å². The highest BCUT2D eigenvalue weighted by atomic mass is 16.6. The van der Waals surface area contributed by atoms with Crippen molar-refractivity contribution in [2.75, 3.05) is 13.2 Å². The number of carbonyl (C=O) groups excluding carboxylic acids is 3. The summed E-state index contributed by atoms with van der Waals surface area (Å²) in [4.78, 5) is 38.0. The molecule has 0 N–H and O–H groups in total. The molecule has 0 bridgehead atoms. The van der Waals surface area contributed by atoms with E-state index in [2.05, 4.69) is 93.7 Å². The summed E-state index contributed by atoms with van der Waals surface area (Å²) >= 11 is 0. The van der Waals surface area contributed by atoms with Crippen molar-refractivity contribution in [3.05, 3.63) is 72.9 Å². The number of hydrogen-bond donors (Lipinski definition) is 0. The third-order valence-corrected chi connectivity index (χ3v) is 14.4. The maximum Gasteiger partial charge on any atom is 0.306 e. The zero-order valence-corrected chi connectivity index (χ0v) is 50.5. The Balaban J connectivity index is 3.93. The van der Waals surface area contributed by atoms with Crippen LogP contribution in [0.15, 0.2) is 72.9 Å². The van der Waals surface area contributed by atoms with E-state index in [0.717, 1.165) is 96.3 Å². The van der Waals surface area contributed by atoms with Gasteiger partial charge in [-0.2, -0.15) is 0 Å². The first-order chi connectivity index (χ1) is 37.5. The summed E-state index contributed by atoms with van der Waals surface area (Å²) in [6, 6.07) is 0. The molecule has 0 spiro atoms. The minimum atomic E-state index is -0.773. The van der Waals surface area contributed by atoms with E-state index >= 15 is 0 Å². The molecule has 0 aliphatic heterocycles. The summed E-state index contributed by atoms with van der Waals surface area (Å²) in [5.74, 6) is -0.876. The standard InChI is InChI=1S/C70H124O6/c1-4-7-10-13-16-18-20-22-24-26-27-28-29-30-31-32-33-34-35-36-37-38-39-40-41-42-43-45-46-48-50-52-54-57-60-63-69(72)75-66-67(65-74-68(71)62-59-56-15-12-9-6-3)76-70(73)64-61-58-55-53-51-49-47-44-25-23-21-19-17-14-11-8-5-2/h7,10,16-19,22-25,27-28,67H,4-6,8-9,11-15,20-21,26,29-66H2,1-3H3/b10-7-,18-16-,19-17-,24-22-,25-23-,28-27-. The van der Waals surface area contributed by atoms with Crippen molar-refractivity contribution < 1.29 is 28.6 Å². The van der Waals surface area contributed by atoms with Gasteiger partial charge in [0.05, 0.1) is 0 Å². The van der Waals surface area contributed by atoms with Crippen LogP contribution in [0.25, 0.3) is 0 Å². The largest absolute Gasteiger partial charge is 0.462 e. The van der Waals surface area contributed by atoms with Gasteiger partial charge in [0.2, 0.25) is 0 Å². The minimum absolute atomic E-state index is 0.0737. The molecular formula is C70H124O6. The van der Waals surface area contributed by atoms with Crippen LogP contribution in [0, 0.1) is 0 Å². The molecule has 1 unspecified atom stereocenters. The monoisotopic (exact) mass is 1060 g/mol. The van der Waals surface area contributed by atoms with Gasteiger partial charge < -0.3 is 14.2 Å². The molecule has 76 heavy (non-hydrogen) atoms. The molecule has 0 saturated heterocycles. The number of hydrogen-bond acceptors (Lipinski definition) is 6. The number of allylic oxidation sites excluding steroid dienone is 12. The molecule has 1 atom stereocenters. The second-order valence-electron chi connectivity index (χ2n) is 22.0. The van der Waals surface area contributed by atoms with Crippen LogP contribution in [0.1, 0.15) is 335 Å². The van der Waals surface area contributed by atoms with E-state index in [9.17, 15) is 14.4 Å². The van der Waals surface area contributed by atoms with Crippen LogP contribution in [-0.4, -0.2) is 37.2 Å². The van der Waals surface area contributed by atoms with Gasteiger partial charge in [-0.3, -0.25) is 14.4 Å². The summed E-state index contributed by atoms with van der Waals surface area (Å²) in [6.45, 7) is 6.47. The molecule has 0 aromatic heterocycles. The molecule has 0 rings (SSSR count). The van der Waals surface area contributed by atoms with Crippen molar-refractivity contribution in [3.8, 4) is 0 Å². The summed E-state index contributed by atoms with van der Waals surface area (Å²) in [5, 5.41) is 0. The molecule has 0 amide bonds. The molecule has 0 aromatic carbocycles. The number of carbonyl (C=O) groups is 3. The molecule has 440 valence electrons. The minimum Gasteiger partial charge on any atom is -0.462 e. The van der Waals surface area contributed by atoms with Gasteiger partial charge in [0.1, 0.15) is 13.2 Å². The predicted molar refractivity (Wildman–Crippen MR) is 330 cm³/mol. The Labute approximate surface area is 472 Å². The predicted octanol–water partition coefficient (Wildman–Crippen LogP) is 22.5. The fraction of sp³-hybridized carbons (Fsp3) is 0.786. The van der Waals surface area contributed by atoms with E-state index in [0.29, 0.717) is 19.3 Å². The average Bonchev–Trinajstić information content (AvgIpc) is 3.42. The Morgan fingerprint density at radius 2 is 0.513 bits per heavy atom. The lowest BCUT2D eigenvalue weighted by Gasteiger charge is -2.18. The first kappa shape index (κ1) is 72.8. The van der Waals surface area contributed by atoms with Crippen molar-refractivity contribution in [2.45, 2.75) is 341 Å². The van der Waals surface area contributed by atoms with Crippen LogP contribution >= 0.6 is 0 Å². The third-order valence-electron chi connectivity index (χ3n) is 14.4. The van der Waals surface area contributed by atoms with Crippen molar-refractivity contribution >= 4 is 17.9 Å². The summed E-state index contributed by atoms with van der Waals surface area (Å²) < 4.78 is 16.8. The molecule has 0 saturated carbocycles. The Bertz CT molecular complexity index is 1400. The molecule has 6 nitrogen and oxygen atoms in total. The van der Waals surface area contributed by atoms with Crippen molar-refractivity contribution in [3.63, 3.8) is 0 Å². The third kappa shape index (κ3) is 61.7. The lowest BCUT2D eigenvalue weighted by Crippen LogP contribution is -2.30. The first-order valence-corrected chi connectivity index (χ1v) is 32.9. The number of unbranched alkanes of at least 4 members (excludes halogenated alkanes) is 37. The Morgan fingerprint density at radius 1 is 0.276 bits per heavy atom. The van der Waals surface area contributed by atoms with Crippen molar-refractivity contribution in [1.82, 2.24) is 0 Å². The van der Waals surface area contributed by atoms with Crippen molar-refractivity contribution in [2.24, 2.45) is 0 Å². The maximum atomic E-state index is 12.8. The molecule has 0 heterocycles. The highest BCUT2D eigenvalue weighted by Gasteiger charge is 2.19. The Morgan fingerprint density at radius 3 is 0.829 bits per heavy atom. The molecule has 0 aliphatic rings. The van der Waals surface area contributed by atoms with Gasteiger partial charge in [-0.05, 0) is 89.9 Å². The molecule has 0 radical (unpaired) electrons. The molecule has 0 aromatic rings. The van der Waals surface area contributed by atoms with Gasteiger partial charge in [0.25, 0.3) is 0 Å². The zero-order chi connectivity index (χ0) is 55.0. The number of ether oxygens (including phenoxy) is 3. The number of rotatable bonds is 60. The smallest absolute Gasteiger partial charge is 0.306 e. The summed E-state index contributed by atoms with van der Waals surface area (Å²) in [6.07, 6.45) is 84.0. The quantitative estimate of drug-likeness (QED) is 0.0261. The van der Waals surface area contributed by atoms with Crippen LogP contribution in [0.2, 0.25) is 0 Å². The van der Waals surface area contributed by atoms with Crippen LogP contribution in [0.3, 0.4) is 0 Å². The number of esters is 3. The van der Waals surface area contributed by atoms with E-state index in [1.54, 1.807) is 0 Å². The Hall–Kier alpha value is -3.15. The summed E-state index contributed by atoms with van der Waals surface area (Å²) in [7, 11) is 0. The van der Waals surface area contributed by atoms with Gasteiger partial charge in [-0.1, -0.05) is 299 Å². The SMILES string of the molecule is CC/C=C\C/C=C\C/C=C\C/C=C\CCCCCCCCCCCCCCCCCCCCCCCCC(=O)OCC(COC(=O)CCCCCCCC)OC(=O)CCCCCCCCC/C=C\C/C=C\CCCCC. The highest BCUT2D eigenvalue weighted by molar-refractivity contribution is 5.71. The second-order valence-corrected chi connectivity index (χ2v) is 22.0. The van der Waals surface area contributed by atoms with Gasteiger partial charge in [-0.25, -0.2) is 0 Å². The average molecular weight is 1060 g/mol. The van der Waals surface area contributed by atoms with E-state index in [-0.39, 0.29) is 31.1 Å². The van der Waals surface area contributed by atoms with Crippen LogP contribution in [0.4, 0.5) is 0 Å².